The lowest BCUT2D eigenvalue weighted by Crippen LogP contribution is -2.52. The van der Waals surface area contributed by atoms with Gasteiger partial charge in [0.15, 0.2) is 0 Å². The van der Waals surface area contributed by atoms with Crippen LogP contribution in [0.15, 0.2) is 0 Å². The fourth-order valence-corrected chi connectivity index (χ4v) is 7.02. The van der Waals surface area contributed by atoms with E-state index in [2.05, 4.69) is 34.6 Å². The highest BCUT2D eigenvalue weighted by Gasteiger charge is 2.71. The molecule has 0 aliphatic heterocycles. The van der Waals surface area contributed by atoms with E-state index < -0.39 is 0 Å². The van der Waals surface area contributed by atoms with Gasteiger partial charge in [0, 0.05) is 11.8 Å². The number of hydrogen-bond acceptors (Lipinski definition) is 1. The van der Waals surface area contributed by atoms with Gasteiger partial charge < -0.3 is 0 Å². The third kappa shape index (κ3) is 1.67. The summed E-state index contributed by atoms with van der Waals surface area (Å²) in [6, 6.07) is 0. The zero-order valence-electron chi connectivity index (χ0n) is 14.5. The van der Waals surface area contributed by atoms with Crippen LogP contribution in [0.4, 0.5) is 0 Å². The highest BCUT2D eigenvalue weighted by atomic mass is 16.1. The second-order valence-electron chi connectivity index (χ2n) is 10.1. The predicted molar refractivity (Wildman–Crippen MR) is 85.8 cm³/mol. The molecule has 0 unspecified atom stereocenters. The highest BCUT2D eigenvalue weighted by molar-refractivity contribution is 5.89. The average Bonchev–Trinajstić information content (AvgIpc) is 2.95. The minimum absolute atomic E-state index is 0.0759. The number of carbonyl (C=O) groups excluding carboxylic acids is 1. The number of hydrogen-bond donors (Lipinski definition) is 0. The number of rotatable bonds is 1. The first-order valence-corrected chi connectivity index (χ1v) is 9.25. The lowest BCUT2D eigenvalue weighted by atomic mass is 9.47. The molecule has 0 bridgehead atoms. The summed E-state index contributed by atoms with van der Waals surface area (Å²) in [5, 5.41) is 0. The van der Waals surface area contributed by atoms with Crippen LogP contribution in [0.1, 0.15) is 73.1 Å². The molecule has 0 aromatic heterocycles. The minimum atomic E-state index is 0.0759. The Labute approximate surface area is 130 Å². The third-order valence-corrected chi connectivity index (χ3v) is 8.57. The van der Waals surface area contributed by atoms with Crippen molar-refractivity contribution in [3.63, 3.8) is 0 Å². The summed E-state index contributed by atoms with van der Waals surface area (Å²) in [7, 11) is 0. The largest absolute Gasteiger partial charge is 0.299 e. The van der Waals surface area contributed by atoms with Crippen LogP contribution in [0, 0.1) is 45.8 Å². The third-order valence-electron chi connectivity index (χ3n) is 8.57. The summed E-state index contributed by atoms with van der Waals surface area (Å²) < 4.78 is 0. The van der Waals surface area contributed by atoms with Gasteiger partial charge in [-0.3, -0.25) is 4.79 Å². The van der Waals surface area contributed by atoms with Gasteiger partial charge in [0.05, 0.1) is 0 Å². The second kappa shape index (κ2) is 3.95. The van der Waals surface area contributed by atoms with Crippen LogP contribution in [-0.4, -0.2) is 5.78 Å². The molecule has 7 atom stereocenters. The molecule has 1 heteroatoms. The average molecular weight is 288 g/mol. The van der Waals surface area contributed by atoms with Crippen LogP contribution in [0.5, 0.6) is 0 Å². The highest BCUT2D eigenvalue weighted by Crippen LogP contribution is 2.75. The van der Waals surface area contributed by atoms with Crippen molar-refractivity contribution in [1.29, 1.82) is 0 Å². The standard InChI is InChI=1S/C20H32O/c1-12(2)13-6-7-18(3)8-9-19(4)11-15(21)20(5)10-14(20)17(19)16(13)18/h12-14,16-17H,6-11H2,1-5H3/t13-,14+,16-,17-,18-,19+,20+/m1/s1. The van der Waals surface area contributed by atoms with Crippen LogP contribution < -0.4 is 0 Å². The number of carbonyl (C=O) groups is 1. The predicted octanol–water partition coefficient (Wildman–Crippen LogP) is 5.09. The van der Waals surface area contributed by atoms with Crippen LogP contribution in [0.2, 0.25) is 0 Å². The van der Waals surface area contributed by atoms with E-state index in [0.29, 0.717) is 22.5 Å². The first kappa shape index (κ1) is 14.3. The number of ketones is 1. The first-order chi connectivity index (χ1) is 9.71. The molecule has 0 N–H and O–H groups in total. The summed E-state index contributed by atoms with van der Waals surface area (Å²) in [6.45, 7) is 12.2. The lowest BCUT2D eigenvalue weighted by Gasteiger charge is -2.57. The summed E-state index contributed by atoms with van der Waals surface area (Å²) >= 11 is 0. The van der Waals surface area contributed by atoms with Crippen molar-refractivity contribution in [1.82, 2.24) is 0 Å². The lowest BCUT2D eigenvalue weighted by molar-refractivity contribution is -0.141. The van der Waals surface area contributed by atoms with Crippen LogP contribution >= 0.6 is 0 Å². The fourth-order valence-electron chi connectivity index (χ4n) is 7.02. The molecule has 0 aromatic rings. The Balaban J connectivity index is 1.76. The second-order valence-corrected chi connectivity index (χ2v) is 10.1. The molecular weight excluding hydrogens is 256 g/mol. The Morgan fingerprint density at radius 2 is 1.67 bits per heavy atom. The topological polar surface area (TPSA) is 17.1 Å². The number of fused-ring (bicyclic) bond motifs is 5. The molecule has 0 heterocycles. The molecule has 1 nitrogen and oxygen atoms in total. The van der Waals surface area contributed by atoms with E-state index in [1.807, 2.05) is 0 Å². The van der Waals surface area contributed by atoms with E-state index in [9.17, 15) is 4.79 Å². The normalized spacial score (nSPS) is 58.7. The monoisotopic (exact) mass is 288 g/mol. The van der Waals surface area contributed by atoms with Crippen molar-refractivity contribution >= 4 is 5.78 Å². The van der Waals surface area contributed by atoms with Crippen molar-refractivity contribution in [2.45, 2.75) is 73.1 Å². The smallest absolute Gasteiger partial charge is 0.139 e. The Morgan fingerprint density at radius 1 is 1.00 bits per heavy atom. The van der Waals surface area contributed by atoms with Gasteiger partial charge in [-0.2, -0.15) is 0 Å². The Morgan fingerprint density at radius 3 is 2.33 bits per heavy atom. The Hall–Kier alpha value is -0.330. The SMILES string of the molecule is CC(C)[C@H]1CC[C@]2(C)CC[C@@]3(C)CC(=O)[C@@]4(C)C[C@H]4[C@@H]3[C@@H]12. The van der Waals surface area contributed by atoms with E-state index in [4.69, 9.17) is 0 Å². The van der Waals surface area contributed by atoms with Crippen molar-refractivity contribution in [3.05, 3.63) is 0 Å². The molecule has 21 heavy (non-hydrogen) atoms. The molecule has 0 radical (unpaired) electrons. The van der Waals surface area contributed by atoms with E-state index in [1.54, 1.807) is 0 Å². The molecule has 4 aliphatic carbocycles. The minimum Gasteiger partial charge on any atom is -0.299 e. The number of Topliss-reactive ketones (excluding diaryl/α,β-unsaturated/α-hetero) is 1. The fraction of sp³-hybridized carbons (Fsp3) is 0.950. The van der Waals surface area contributed by atoms with E-state index in [-0.39, 0.29) is 5.41 Å². The van der Waals surface area contributed by atoms with Gasteiger partial charge in [0.25, 0.3) is 0 Å². The molecule has 4 aliphatic rings. The van der Waals surface area contributed by atoms with Crippen molar-refractivity contribution in [2.75, 3.05) is 0 Å². The molecule has 118 valence electrons. The molecule has 4 fully saturated rings. The van der Waals surface area contributed by atoms with Crippen molar-refractivity contribution in [3.8, 4) is 0 Å². The summed E-state index contributed by atoms with van der Waals surface area (Å²) in [5.41, 5.74) is 0.967. The van der Waals surface area contributed by atoms with Crippen molar-refractivity contribution in [2.24, 2.45) is 45.8 Å². The summed E-state index contributed by atoms with van der Waals surface area (Å²) in [4.78, 5) is 12.6. The molecule has 0 saturated heterocycles. The molecule has 0 spiro atoms. The molecule has 4 saturated carbocycles. The first-order valence-electron chi connectivity index (χ1n) is 9.25. The molecule has 0 amide bonds. The molecule has 0 aromatic carbocycles. The summed E-state index contributed by atoms with van der Waals surface area (Å²) in [6.07, 6.45) is 7.61. The van der Waals surface area contributed by atoms with Crippen molar-refractivity contribution < 1.29 is 4.79 Å². The maximum Gasteiger partial charge on any atom is 0.139 e. The van der Waals surface area contributed by atoms with Crippen LogP contribution in [-0.2, 0) is 4.79 Å². The van der Waals surface area contributed by atoms with Gasteiger partial charge in [-0.05, 0) is 72.5 Å². The Bertz CT molecular complexity index is 494. The van der Waals surface area contributed by atoms with Crippen LogP contribution in [0.3, 0.4) is 0 Å². The van der Waals surface area contributed by atoms with Gasteiger partial charge in [0.1, 0.15) is 5.78 Å². The molecule has 4 rings (SSSR count). The maximum absolute atomic E-state index is 12.6. The maximum atomic E-state index is 12.6. The van der Waals surface area contributed by atoms with Gasteiger partial charge in [-0.15, -0.1) is 0 Å². The van der Waals surface area contributed by atoms with Crippen LogP contribution in [0.25, 0.3) is 0 Å². The van der Waals surface area contributed by atoms with Gasteiger partial charge >= 0.3 is 0 Å². The summed E-state index contributed by atoms with van der Waals surface area (Å²) in [5.74, 6) is 4.73. The van der Waals surface area contributed by atoms with Gasteiger partial charge in [-0.25, -0.2) is 0 Å². The quantitative estimate of drug-likeness (QED) is 0.657. The van der Waals surface area contributed by atoms with E-state index >= 15 is 0 Å². The van der Waals surface area contributed by atoms with Gasteiger partial charge in [-0.1, -0.05) is 34.6 Å². The van der Waals surface area contributed by atoms with E-state index in [0.717, 1.165) is 30.1 Å². The van der Waals surface area contributed by atoms with Gasteiger partial charge in [0.2, 0.25) is 0 Å². The van der Waals surface area contributed by atoms with E-state index in [1.165, 1.54) is 32.1 Å². The zero-order valence-corrected chi connectivity index (χ0v) is 14.5. The molecular formula is C20H32O. The Kier molecular flexibility index (Phi) is 2.68. The zero-order chi connectivity index (χ0) is 15.2.